The van der Waals surface area contributed by atoms with Crippen LogP contribution in [0.2, 0.25) is 0 Å². The molecule has 0 saturated heterocycles. The fourth-order valence-electron chi connectivity index (χ4n) is 6.39. The molecule has 58 heavy (non-hydrogen) atoms. The number of ether oxygens (including phenoxy) is 10. The lowest BCUT2D eigenvalue weighted by atomic mass is 9.90. The summed E-state index contributed by atoms with van der Waals surface area (Å²) in [5.74, 6) is 0.420. The molecular weight excluding hydrogens is 752 g/mol. The molecule has 5 rings (SSSR count). The molecule has 0 N–H and O–H groups in total. The van der Waals surface area contributed by atoms with Gasteiger partial charge in [0.05, 0.1) is 50.4 Å². The molecule has 0 atom stereocenters. The largest absolute Gasteiger partial charge is 0.513 e. The van der Waals surface area contributed by atoms with E-state index in [1.807, 2.05) is 27.7 Å². The molecule has 0 aliphatic heterocycles. The van der Waals surface area contributed by atoms with E-state index in [1.165, 1.54) is 0 Å². The molecule has 0 saturated carbocycles. The van der Waals surface area contributed by atoms with E-state index in [0.29, 0.717) is 36.5 Å². The monoisotopic (exact) mass is 804 g/mol. The topological polar surface area (TPSA) is 161 Å². The zero-order valence-corrected chi connectivity index (χ0v) is 34.1. The quantitative estimate of drug-likeness (QED) is 0.0316. The van der Waals surface area contributed by atoms with Gasteiger partial charge < -0.3 is 47.4 Å². The molecule has 1 aliphatic carbocycles. The van der Waals surface area contributed by atoms with E-state index in [2.05, 4.69) is 0 Å². The third-order valence-corrected chi connectivity index (χ3v) is 9.12. The summed E-state index contributed by atoms with van der Waals surface area (Å²) in [5.41, 5.74) is 0. The minimum atomic E-state index is -1.02. The predicted octanol–water partition coefficient (Wildman–Crippen LogP) is 10.9. The lowest BCUT2D eigenvalue weighted by molar-refractivity contribution is 0.0946. The predicted molar refractivity (Wildman–Crippen MR) is 213 cm³/mol. The van der Waals surface area contributed by atoms with Crippen LogP contribution in [0.15, 0.2) is 36.4 Å². The van der Waals surface area contributed by atoms with Gasteiger partial charge in [-0.15, -0.1) is 0 Å². The maximum Gasteiger partial charge on any atom is 0.513 e. The van der Waals surface area contributed by atoms with E-state index in [9.17, 15) is 19.2 Å². The van der Waals surface area contributed by atoms with Crippen LogP contribution in [0.3, 0.4) is 0 Å². The Bertz CT molecular complexity index is 2160. The van der Waals surface area contributed by atoms with Gasteiger partial charge in [-0.3, -0.25) is 0 Å². The molecule has 4 aromatic rings. The summed E-state index contributed by atoms with van der Waals surface area (Å²) in [5, 5.41) is 1.76. The minimum Gasteiger partial charge on any atom is -0.493 e. The smallest absolute Gasteiger partial charge is 0.493 e. The van der Waals surface area contributed by atoms with Gasteiger partial charge in [0.2, 0.25) is 0 Å². The number of hydrogen-bond acceptors (Lipinski definition) is 14. The van der Waals surface area contributed by atoms with Crippen LogP contribution in [0.4, 0.5) is 19.2 Å². The fourth-order valence-corrected chi connectivity index (χ4v) is 6.39. The highest BCUT2D eigenvalue weighted by Gasteiger charge is 2.33. The van der Waals surface area contributed by atoms with Crippen LogP contribution < -0.4 is 28.4 Å². The number of unbranched alkanes of at least 4 members (excludes halogenated alkanes) is 4. The van der Waals surface area contributed by atoms with Gasteiger partial charge in [-0.2, -0.15) is 0 Å². The molecule has 4 aromatic carbocycles. The van der Waals surface area contributed by atoms with Crippen molar-refractivity contribution in [1.82, 2.24) is 0 Å². The minimum absolute atomic E-state index is 0.0202. The van der Waals surface area contributed by atoms with Crippen molar-refractivity contribution >= 4 is 46.2 Å². The molecule has 0 heterocycles. The van der Waals surface area contributed by atoms with E-state index >= 15 is 0 Å². The highest BCUT2D eigenvalue weighted by Crippen LogP contribution is 2.50. The number of benzene rings is 4. The van der Waals surface area contributed by atoms with Gasteiger partial charge in [0, 0.05) is 31.6 Å². The molecule has 0 fully saturated rings. The summed E-state index contributed by atoms with van der Waals surface area (Å²) in [6, 6.07) is 10.1. The zero-order chi connectivity index (χ0) is 41.6. The maximum absolute atomic E-state index is 13.5. The van der Waals surface area contributed by atoms with Crippen LogP contribution >= 0.6 is 0 Å². The third kappa shape index (κ3) is 9.60. The van der Waals surface area contributed by atoms with Crippen LogP contribution in [0.5, 0.6) is 34.5 Å². The standard InChI is InChI=1S/C44H52O14/c1-7-13-23-51-41(45)55-37-27-19-17-21-29(49-11-5)31(27)39(57-43(47)53-25-15-9-3)35-33(37)34-36(35)40(58-44(48)54-26-16-10-4)32-28(20-18-22-30(32)50-12-6)38(34)56-42(46)52-24-14-8-2/h17-22H,7-16,23-26H2,1-6H3. The molecule has 0 spiro atoms. The van der Waals surface area contributed by atoms with Crippen molar-refractivity contribution in [2.24, 2.45) is 0 Å². The van der Waals surface area contributed by atoms with Gasteiger partial charge >= 0.3 is 24.6 Å². The molecular formula is C44H52O14. The van der Waals surface area contributed by atoms with E-state index in [0.717, 1.165) is 25.7 Å². The second kappa shape index (κ2) is 21.0. The molecule has 14 heteroatoms. The summed E-state index contributed by atoms with van der Waals surface area (Å²) in [4.78, 5) is 53.9. The molecule has 0 amide bonds. The maximum atomic E-state index is 13.5. The van der Waals surface area contributed by atoms with Crippen molar-refractivity contribution in [3.8, 4) is 34.5 Å². The first-order valence-electron chi connectivity index (χ1n) is 20.1. The Kier molecular flexibility index (Phi) is 15.7. The average molecular weight is 805 g/mol. The Morgan fingerprint density at radius 2 is 0.707 bits per heavy atom. The Labute approximate surface area is 336 Å². The summed E-state index contributed by atoms with van der Waals surface area (Å²) in [6.07, 6.45) is 1.41. The van der Waals surface area contributed by atoms with E-state index < -0.39 is 24.6 Å². The van der Waals surface area contributed by atoms with Gasteiger partial charge in [-0.25, -0.2) is 19.2 Å². The van der Waals surface area contributed by atoms with Gasteiger partial charge in [0.1, 0.15) is 11.5 Å². The second-order valence-corrected chi connectivity index (χ2v) is 13.3. The first-order chi connectivity index (χ1) is 28.2. The highest BCUT2D eigenvalue weighted by atomic mass is 16.7. The van der Waals surface area contributed by atoms with E-state index in [-0.39, 0.29) is 106 Å². The van der Waals surface area contributed by atoms with E-state index in [4.69, 9.17) is 47.4 Å². The number of rotatable bonds is 20. The number of carbonyl (C=O) groups is 4. The van der Waals surface area contributed by atoms with Gasteiger partial charge in [-0.05, 0) is 51.7 Å². The lowest BCUT2D eigenvalue weighted by Gasteiger charge is -2.23. The van der Waals surface area contributed by atoms with Crippen LogP contribution in [-0.2, 0) is 18.9 Å². The molecule has 1 aliphatic rings. The van der Waals surface area contributed by atoms with Crippen molar-refractivity contribution in [2.45, 2.75) is 92.9 Å². The fraction of sp³-hybridized carbons (Fsp3) is 0.455. The third-order valence-electron chi connectivity index (χ3n) is 9.12. The number of carbonyl (C=O) groups excluding carboxylic acids is 4. The normalized spacial score (nSPS) is 11.1. The molecule has 0 bridgehead atoms. The first kappa shape index (κ1) is 43.2. The van der Waals surface area contributed by atoms with E-state index in [1.54, 1.807) is 50.2 Å². The first-order valence-corrected chi connectivity index (χ1v) is 20.1. The number of hydrogen-bond donors (Lipinski definition) is 0. The molecule has 14 nitrogen and oxygen atoms in total. The van der Waals surface area contributed by atoms with Crippen LogP contribution in [0.1, 0.15) is 92.9 Å². The van der Waals surface area contributed by atoms with Gasteiger partial charge in [0.15, 0.2) is 23.0 Å². The Morgan fingerprint density at radius 3 is 1.00 bits per heavy atom. The zero-order valence-electron chi connectivity index (χ0n) is 34.1. The van der Waals surface area contributed by atoms with Crippen LogP contribution in [0.25, 0.3) is 21.5 Å². The van der Waals surface area contributed by atoms with Crippen molar-refractivity contribution < 1.29 is 66.5 Å². The SMILES string of the molecule is CCCCOC(=O)Oc1c2c(c(OC(=O)OCCCC)c3c(OCC)cccc13)=c1c(OC(=O)OCCCC)c3c(OCC)cccc3c(OC(=O)OCCCC)c1=2. The molecule has 0 radical (unpaired) electrons. The van der Waals surface area contributed by atoms with Crippen molar-refractivity contribution in [2.75, 3.05) is 39.6 Å². The lowest BCUT2D eigenvalue weighted by Crippen LogP contribution is -2.18. The van der Waals surface area contributed by atoms with Crippen molar-refractivity contribution in [1.29, 1.82) is 0 Å². The molecule has 0 aromatic heterocycles. The Balaban J connectivity index is 2.01. The molecule has 0 unspecified atom stereocenters. The average Bonchev–Trinajstić information content (AvgIpc) is 3.19. The Hall–Kier alpha value is -5.92. The van der Waals surface area contributed by atoms with Crippen molar-refractivity contribution in [3.05, 3.63) is 57.3 Å². The second-order valence-electron chi connectivity index (χ2n) is 13.3. The number of fused-ring (bicyclic) bond motifs is 4. The summed E-state index contributed by atoms with van der Waals surface area (Å²) < 4.78 is 58.2. The highest BCUT2D eigenvalue weighted by molar-refractivity contribution is 6.04. The van der Waals surface area contributed by atoms with Crippen molar-refractivity contribution in [3.63, 3.8) is 0 Å². The van der Waals surface area contributed by atoms with Crippen LogP contribution in [0, 0.1) is 20.9 Å². The van der Waals surface area contributed by atoms with Crippen LogP contribution in [-0.4, -0.2) is 64.3 Å². The summed E-state index contributed by atoms with van der Waals surface area (Å²) in [6.45, 7) is 12.2. The molecule has 312 valence electrons. The Morgan fingerprint density at radius 1 is 0.414 bits per heavy atom. The summed E-state index contributed by atoms with van der Waals surface area (Å²) in [7, 11) is 0. The van der Waals surface area contributed by atoms with Gasteiger partial charge in [-0.1, -0.05) is 77.6 Å². The summed E-state index contributed by atoms with van der Waals surface area (Å²) >= 11 is 0. The van der Waals surface area contributed by atoms with Gasteiger partial charge in [0.25, 0.3) is 0 Å².